The molecule has 2 N–H and O–H groups in total. The van der Waals surface area contributed by atoms with Crippen molar-refractivity contribution < 1.29 is 8.42 Å². The van der Waals surface area contributed by atoms with Crippen LogP contribution in [0.4, 0.5) is 0 Å². The normalized spacial score (nSPS) is 17.3. The van der Waals surface area contributed by atoms with E-state index in [0.717, 1.165) is 11.1 Å². The van der Waals surface area contributed by atoms with Crippen LogP contribution < -0.4 is 5.73 Å². The van der Waals surface area contributed by atoms with Crippen LogP contribution in [0.25, 0.3) is 6.08 Å². The maximum atomic E-state index is 11.4. The minimum atomic E-state index is -3.17. The summed E-state index contributed by atoms with van der Waals surface area (Å²) in [5.74, 6) is 0. The Kier molecular flexibility index (Phi) is 1.75. The minimum Gasteiger partial charge on any atom is -0.326 e. The summed E-state index contributed by atoms with van der Waals surface area (Å²) in [5, 5.41) is 1.22. The van der Waals surface area contributed by atoms with Gasteiger partial charge in [0, 0.05) is 12.0 Å². The second kappa shape index (κ2) is 2.68. The van der Waals surface area contributed by atoms with Crippen molar-refractivity contribution in [1.82, 2.24) is 0 Å². The average Bonchev–Trinajstić information content (AvgIpc) is 2.42. The van der Waals surface area contributed by atoms with Gasteiger partial charge in [-0.25, -0.2) is 8.42 Å². The summed E-state index contributed by atoms with van der Waals surface area (Å²) < 4.78 is 22.8. The fraction of sp³-hybridized carbons (Fsp3) is 0.111. The molecule has 2 rings (SSSR count). The standard InChI is InChI=1S/C9H9NO2S/c10-6-7-1-2-8-3-4-13(11,12)9(8)5-7/h1-5H,6,10H2. The summed E-state index contributed by atoms with van der Waals surface area (Å²) in [5.41, 5.74) is 7.00. The zero-order chi connectivity index (χ0) is 9.47. The monoisotopic (exact) mass is 195 g/mol. The molecule has 0 atom stereocenters. The highest BCUT2D eigenvalue weighted by molar-refractivity contribution is 7.94. The second-order valence-electron chi connectivity index (χ2n) is 2.92. The van der Waals surface area contributed by atoms with E-state index < -0.39 is 9.84 Å². The second-order valence-corrected chi connectivity index (χ2v) is 4.73. The molecule has 0 unspecified atom stereocenters. The van der Waals surface area contributed by atoms with Crippen LogP contribution in [0.3, 0.4) is 0 Å². The first-order chi connectivity index (χ1) is 6.13. The molecule has 0 bridgehead atoms. The van der Waals surface area contributed by atoms with Crippen molar-refractivity contribution in [1.29, 1.82) is 0 Å². The molecule has 0 saturated carbocycles. The predicted molar refractivity (Wildman–Crippen MR) is 50.6 cm³/mol. The molecule has 4 heteroatoms. The van der Waals surface area contributed by atoms with Crippen LogP contribution in [0.15, 0.2) is 28.5 Å². The van der Waals surface area contributed by atoms with Crippen molar-refractivity contribution in [3.8, 4) is 0 Å². The lowest BCUT2D eigenvalue weighted by atomic mass is 10.1. The fourth-order valence-electron chi connectivity index (χ4n) is 1.33. The molecule has 1 aromatic rings. The molecule has 0 aliphatic carbocycles. The third-order valence-corrected chi connectivity index (χ3v) is 3.51. The van der Waals surface area contributed by atoms with E-state index >= 15 is 0 Å². The largest absolute Gasteiger partial charge is 0.326 e. The Morgan fingerprint density at radius 3 is 2.77 bits per heavy atom. The third kappa shape index (κ3) is 1.28. The van der Waals surface area contributed by atoms with Gasteiger partial charge >= 0.3 is 0 Å². The number of rotatable bonds is 1. The Morgan fingerprint density at radius 2 is 2.08 bits per heavy atom. The maximum Gasteiger partial charge on any atom is 0.200 e. The molecule has 1 heterocycles. The van der Waals surface area contributed by atoms with E-state index in [1.807, 2.05) is 6.07 Å². The quantitative estimate of drug-likeness (QED) is 0.724. The molecule has 0 amide bonds. The summed E-state index contributed by atoms with van der Waals surface area (Å²) in [6, 6.07) is 5.24. The Hall–Kier alpha value is -1.13. The van der Waals surface area contributed by atoms with E-state index in [1.54, 1.807) is 18.2 Å². The number of nitrogens with two attached hydrogens (primary N) is 1. The van der Waals surface area contributed by atoms with Crippen molar-refractivity contribution in [2.75, 3.05) is 0 Å². The van der Waals surface area contributed by atoms with Crippen LogP contribution in [0.5, 0.6) is 0 Å². The van der Waals surface area contributed by atoms with Gasteiger partial charge in [-0.15, -0.1) is 0 Å². The zero-order valence-corrected chi connectivity index (χ0v) is 7.71. The number of sulfone groups is 1. The number of fused-ring (bicyclic) bond motifs is 1. The molecule has 3 nitrogen and oxygen atoms in total. The van der Waals surface area contributed by atoms with Gasteiger partial charge in [-0.2, -0.15) is 0 Å². The van der Waals surface area contributed by atoms with Gasteiger partial charge in [0.1, 0.15) is 0 Å². The molecular formula is C9H9NO2S. The molecule has 0 saturated heterocycles. The summed E-state index contributed by atoms with van der Waals surface area (Å²) in [7, 11) is -3.17. The van der Waals surface area contributed by atoms with Crippen LogP contribution in [0.1, 0.15) is 11.1 Å². The predicted octanol–water partition coefficient (Wildman–Crippen LogP) is 0.903. The van der Waals surface area contributed by atoms with Crippen molar-refractivity contribution in [2.24, 2.45) is 5.73 Å². The molecular weight excluding hydrogens is 186 g/mol. The van der Waals surface area contributed by atoms with E-state index in [9.17, 15) is 8.42 Å². The summed E-state index contributed by atoms with van der Waals surface area (Å²) in [6.45, 7) is 0.364. The lowest BCUT2D eigenvalue weighted by molar-refractivity contribution is 0.605. The average molecular weight is 195 g/mol. The van der Waals surface area contributed by atoms with Crippen molar-refractivity contribution in [3.05, 3.63) is 34.7 Å². The maximum absolute atomic E-state index is 11.4. The van der Waals surface area contributed by atoms with Gasteiger partial charge in [0.05, 0.1) is 4.90 Å². The Morgan fingerprint density at radius 1 is 1.31 bits per heavy atom. The highest BCUT2D eigenvalue weighted by atomic mass is 32.2. The van der Waals surface area contributed by atoms with Crippen molar-refractivity contribution in [3.63, 3.8) is 0 Å². The van der Waals surface area contributed by atoms with Gasteiger partial charge in [0.2, 0.25) is 0 Å². The number of benzene rings is 1. The van der Waals surface area contributed by atoms with E-state index in [0.29, 0.717) is 11.4 Å². The van der Waals surface area contributed by atoms with Crippen LogP contribution >= 0.6 is 0 Å². The first-order valence-corrected chi connectivity index (χ1v) is 5.44. The minimum absolute atomic E-state index is 0.364. The number of hydrogen-bond acceptors (Lipinski definition) is 3. The Labute approximate surface area is 76.8 Å². The van der Waals surface area contributed by atoms with E-state index in [1.165, 1.54) is 5.41 Å². The van der Waals surface area contributed by atoms with Gasteiger partial charge in [-0.05, 0) is 23.3 Å². The first-order valence-electron chi connectivity index (χ1n) is 3.90. The van der Waals surface area contributed by atoms with Crippen molar-refractivity contribution >= 4 is 15.9 Å². The van der Waals surface area contributed by atoms with Crippen LogP contribution in [-0.4, -0.2) is 8.42 Å². The highest BCUT2D eigenvalue weighted by Crippen LogP contribution is 2.27. The summed E-state index contributed by atoms with van der Waals surface area (Å²) in [4.78, 5) is 0.371. The fourth-order valence-corrected chi connectivity index (χ4v) is 2.58. The zero-order valence-electron chi connectivity index (χ0n) is 6.90. The lowest BCUT2D eigenvalue weighted by Gasteiger charge is -2.01. The van der Waals surface area contributed by atoms with Crippen LogP contribution in [-0.2, 0) is 16.4 Å². The topological polar surface area (TPSA) is 60.2 Å². The van der Waals surface area contributed by atoms with E-state index in [4.69, 9.17) is 5.73 Å². The van der Waals surface area contributed by atoms with E-state index in [-0.39, 0.29) is 0 Å². The van der Waals surface area contributed by atoms with Gasteiger partial charge in [-0.1, -0.05) is 12.1 Å². The summed E-state index contributed by atoms with van der Waals surface area (Å²) >= 11 is 0. The molecule has 1 aliphatic heterocycles. The molecule has 13 heavy (non-hydrogen) atoms. The molecule has 68 valence electrons. The highest BCUT2D eigenvalue weighted by Gasteiger charge is 2.20. The van der Waals surface area contributed by atoms with Crippen LogP contribution in [0.2, 0.25) is 0 Å². The first kappa shape index (κ1) is 8.47. The molecule has 0 radical (unpaired) electrons. The third-order valence-electron chi connectivity index (χ3n) is 2.05. The summed E-state index contributed by atoms with van der Waals surface area (Å²) in [6.07, 6.45) is 1.60. The molecule has 1 aliphatic rings. The van der Waals surface area contributed by atoms with Gasteiger partial charge in [-0.3, -0.25) is 0 Å². The van der Waals surface area contributed by atoms with Crippen LogP contribution in [0, 0.1) is 0 Å². The van der Waals surface area contributed by atoms with Gasteiger partial charge in [0.25, 0.3) is 0 Å². The Balaban J connectivity index is 2.68. The molecule has 0 fully saturated rings. The molecule has 0 spiro atoms. The Bertz CT molecular complexity index is 474. The van der Waals surface area contributed by atoms with Crippen molar-refractivity contribution in [2.45, 2.75) is 11.4 Å². The van der Waals surface area contributed by atoms with Gasteiger partial charge in [0.15, 0.2) is 9.84 Å². The molecule has 1 aromatic carbocycles. The SMILES string of the molecule is NCc1ccc2c(c1)S(=O)(=O)C=C2. The number of hydrogen-bond donors (Lipinski definition) is 1. The molecule has 0 aromatic heterocycles. The van der Waals surface area contributed by atoms with E-state index in [2.05, 4.69) is 0 Å². The smallest absolute Gasteiger partial charge is 0.200 e. The van der Waals surface area contributed by atoms with Gasteiger partial charge < -0.3 is 5.73 Å². The lowest BCUT2D eigenvalue weighted by Crippen LogP contribution is -1.99.